The largest absolute Gasteiger partial charge is 0.370 e. The standard InChI is InChI=1S/C15H24N4O/c1-12-7-8-13(14(20)18(12)2)11-17-15(16)19-9-5-3-4-6-10-19/h7-8H,3-6,9-11H2,1-2H3,(H2,16,17). The van der Waals surface area contributed by atoms with Crippen molar-refractivity contribution >= 4 is 5.96 Å². The zero-order valence-electron chi connectivity index (χ0n) is 12.4. The third-order valence-corrected chi connectivity index (χ3v) is 3.98. The molecular formula is C15H24N4O. The van der Waals surface area contributed by atoms with E-state index in [1.807, 2.05) is 19.1 Å². The molecule has 1 fully saturated rings. The molecule has 2 heterocycles. The second-order valence-electron chi connectivity index (χ2n) is 5.44. The van der Waals surface area contributed by atoms with Crippen LogP contribution >= 0.6 is 0 Å². The molecule has 0 radical (unpaired) electrons. The van der Waals surface area contributed by atoms with Crippen molar-refractivity contribution in [2.24, 2.45) is 17.8 Å². The van der Waals surface area contributed by atoms with E-state index in [9.17, 15) is 4.79 Å². The lowest BCUT2D eigenvalue weighted by Crippen LogP contribution is -2.38. The number of likely N-dealkylation sites (tertiary alicyclic amines) is 1. The quantitative estimate of drug-likeness (QED) is 0.656. The number of rotatable bonds is 2. The van der Waals surface area contributed by atoms with Gasteiger partial charge in [-0.05, 0) is 31.9 Å². The molecule has 1 aromatic rings. The first-order valence-corrected chi connectivity index (χ1v) is 7.30. The number of guanidine groups is 1. The van der Waals surface area contributed by atoms with E-state index in [2.05, 4.69) is 9.89 Å². The molecule has 2 rings (SSSR count). The molecule has 1 saturated heterocycles. The van der Waals surface area contributed by atoms with Gasteiger partial charge in [-0.1, -0.05) is 12.8 Å². The van der Waals surface area contributed by atoms with E-state index in [0.717, 1.165) is 18.8 Å². The van der Waals surface area contributed by atoms with Gasteiger partial charge in [0.2, 0.25) is 0 Å². The van der Waals surface area contributed by atoms with Crippen LogP contribution in [-0.2, 0) is 13.6 Å². The van der Waals surface area contributed by atoms with Crippen LogP contribution in [0.2, 0.25) is 0 Å². The maximum atomic E-state index is 12.1. The van der Waals surface area contributed by atoms with E-state index in [-0.39, 0.29) is 5.56 Å². The van der Waals surface area contributed by atoms with Crippen molar-refractivity contribution < 1.29 is 0 Å². The minimum atomic E-state index is 0.0115. The summed E-state index contributed by atoms with van der Waals surface area (Å²) in [5.41, 5.74) is 7.70. The molecule has 110 valence electrons. The van der Waals surface area contributed by atoms with Crippen LogP contribution in [-0.4, -0.2) is 28.5 Å². The first-order chi connectivity index (χ1) is 9.59. The van der Waals surface area contributed by atoms with Crippen molar-refractivity contribution in [3.05, 3.63) is 33.7 Å². The van der Waals surface area contributed by atoms with Gasteiger partial charge in [0.25, 0.3) is 5.56 Å². The molecule has 1 aromatic heterocycles. The Morgan fingerprint density at radius 1 is 1.25 bits per heavy atom. The topological polar surface area (TPSA) is 63.6 Å². The van der Waals surface area contributed by atoms with Crippen molar-refractivity contribution in [3.8, 4) is 0 Å². The summed E-state index contributed by atoms with van der Waals surface area (Å²) in [4.78, 5) is 18.6. The van der Waals surface area contributed by atoms with Crippen LogP contribution in [0.4, 0.5) is 0 Å². The van der Waals surface area contributed by atoms with E-state index in [4.69, 9.17) is 5.73 Å². The van der Waals surface area contributed by atoms with Gasteiger partial charge in [0, 0.05) is 31.4 Å². The normalized spacial score (nSPS) is 17.1. The first-order valence-electron chi connectivity index (χ1n) is 7.30. The molecule has 0 bridgehead atoms. The van der Waals surface area contributed by atoms with Crippen LogP contribution in [0.3, 0.4) is 0 Å². The van der Waals surface area contributed by atoms with Crippen LogP contribution in [0, 0.1) is 6.92 Å². The minimum Gasteiger partial charge on any atom is -0.370 e. The van der Waals surface area contributed by atoms with E-state index in [0.29, 0.717) is 18.1 Å². The maximum absolute atomic E-state index is 12.1. The number of hydrogen-bond donors (Lipinski definition) is 1. The average molecular weight is 276 g/mol. The molecule has 2 N–H and O–H groups in total. The van der Waals surface area contributed by atoms with Crippen LogP contribution in [0.25, 0.3) is 0 Å². The smallest absolute Gasteiger partial charge is 0.255 e. The Hall–Kier alpha value is -1.78. The molecule has 1 aliphatic rings. The third-order valence-electron chi connectivity index (χ3n) is 3.98. The van der Waals surface area contributed by atoms with Crippen molar-refractivity contribution in [1.82, 2.24) is 9.47 Å². The number of aromatic nitrogens is 1. The zero-order chi connectivity index (χ0) is 14.5. The summed E-state index contributed by atoms with van der Waals surface area (Å²) in [6, 6.07) is 3.78. The molecule has 0 aromatic carbocycles. The van der Waals surface area contributed by atoms with E-state index >= 15 is 0 Å². The average Bonchev–Trinajstić information content (AvgIpc) is 2.73. The molecule has 5 nitrogen and oxygen atoms in total. The number of nitrogens with two attached hydrogens (primary N) is 1. The molecule has 20 heavy (non-hydrogen) atoms. The summed E-state index contributed by atoms with van der Waals surface area (Å²) in [5, 5.41) is 0. The third kappa shape index (κ3) is 3.40. The molecule has 0 aliphatic carbocycles. The fraction of sp³-hybridized carbons (Fsp3) is 0.600. The minimum absolute atomic E-state index is 0.0115. The molecule has 1 aliphatic heterocycles. The van der Waals surface area contributed by atoms with E-state index in [1.165, 1.54) is 25.7 Å². The zero-order valence-corrected chi connectivity index (χ0v) is 12.4. The fourth-order valence-electron chi connectivity index (χ4n) is 2.47. The summed E-state index contributed by atoms with van der Waals surface area (Å²) >= 11 is 0. The highest BCUT2D eigenvalue weighted by atomic mass is 16.1. The fourth-order valence-corrected chi connectivity index (χ4v) is 2.47. The van der Waals surface area contributed by atoms with Crippen LogP contribution in [0.1, 0.15) is 36.9 Å². The lowest BCUT2D eigenvalue weighted by Gasteiger charge is -2.21. The van der Waals surface area contributed by atoms with E-state index in [1.54, 1.807) is 11.6 Å². The Bertz CT molecular complexity index is 539. The Balaban J connectivity index is 2.08. The number of pyridine rings is 1. The molecular weight excluding hydrogens is 252 g/mol. The van der Waals surface area contributed by atoms with Gasteiger partial charge in [-0.2, -0.15) is 0 Å². The molecule has 0 spiro atoms. The van der Waals surface area contributed by atoms with Crippen LogP contribution < -0.4 is 11.3 Å². The van der Waals surface area contributed by atoms with Crippen molar-refractivity contribution in [1.29, 1.82) is 0 Å². The Morgan fingerprint density at radius 3 is 2.55 bits per heavy atom. The Labute approximate surface area is 120 Å². The highest BCUT2D eigenvalue weighted by molar-refractivity contribution is 5.78. The number of aliphatic imine (C=N–C) groups is 1. The van der Waals surface area contributed by atoms with Crippen LogP contribution in [0.15, 0.2) is 21.9 Å². The van der Waals surface area contributed by atoms with Gasteiger partial charge in [0.1, 0.15) is 0 Å². The van der Waals surface area contributed by atoms with Gasteiger partial charge < -0.3 is 15.2 Å². The van der Waals surface area contributed by atoms with Gasteiger partial charge in [-0.25, -0.2) is 4.99 Å². The number of hydrogen-bond acceptors (Lipinski definition) is 2. The van der Waals surface area contributed by atoms with Gasteiger partial charge in [-0.15, -0.1) is 0 Å². The van der Waals surface area contributed by atoms with Crippen molar-refractivity contribution in [3.63, 3.8) is 0 Å². The highest BCUT2D eigenvalue weighted by Crippen LogP contribution is 2.09. The predicted octanol–water partition coefficient (Wildman–Crippen LogP) is 1.38. The van der Waals surface area contributed by atoms with Crippen molar-refractivity contribution in [2.75, 3.05) is 13.1 Å². The van der Waals surface area contributed by atoms with Gasteiger partial charge in [0.15, 0.2) is 5.96 Å². The highest BCUT2D eigenvalue weighted by Gasteiger charge is 2.11. The monoisotopic (exact) mass is 276 g/mol. The molecule has 0 saturated carbocycles. The molecule has 0 atom stereocenters. The maximum Gasteiger partial charge on any atom is 0.255 e. The van der Waals surface area contributed by atoms with Gasteiger partial charge in [-0.3, -0.25) is 4.79 Å². The lowest BCUT2D eigenvalue weighted by atomic mass is 10.2. The summed E-state index contributed by atoms with van der Waals surface area (Å²) in [6.07, 6.45) is 4.87. The summed E-state index contributed by atoms with van der Waals surface area (Å²) in [7, 11) is 1.78. The first kappa shape index (κ1) is 14.6. The summed E-state index contributed by atoms with van der Waals surface area (Å²) in [6.45, 7) is 4.22. The Morgan fingerprint density at radius 2 is 1.90 bits per heavy atom. The lowest BCUT2D eigenvalue weighted by molar-refractivity contribution is 0.428. The molecule has 5 heteroatoms. The number of nitrogens with zero attached hydrogens (tertiary/aromatic N) is 3. The Kier molecular flexibility index (Phi) is 4.82. The second kappa shape index (κ2) is 6.59. The van der Waals surface area contributed by atoms with Crippen LogP contribution in [0.5, 0.6) is 0 Å². The molecule has 0 unspecified atom stereocenters. The van der Waals surface area contributed by atoms with Gasteiger partial charge >= 0.3 is 0 Å². The summed E-state index contributed by atoms with van der Waals surface area (Å²) in [5.74, 6) is 0.564. The second-order valence-corrected chi connectivity index (χ2v) is 5.44. The number of aryl methyl sites for hydroxylation is 1. The summed E-state index contributed by atoms with van der Waals surface area (Å²) < 4.78 is 1.65. The SMILES string of the molecule is Cc1ccc(CN=C(N)N2CCCCCC2)c(=O)n1C. The predicted molar refractivity (Wildman–Crippen MR) is 81.8 cm³/mol. The molecule has 0 amide bonds. The van der Waals surface area contributed by atoms with Gasteiger partial charge in [0.05, 0.1) is 6.54 Å². The van der Waals surface area contributed by atoms with E-state index < -0.39 is 0 Å². The van der Waals surface area contributed by atoms with Crippen molar-refractivity contribution in [2.45, 2.75) is 39.2 Å².